The second-order valence-electron chi connectivity index (χ2n) is 3.73. The number of carbonyl (C=O) groups excluding carboxylic acids is 1. The Kier molecular flexibility index (Phi) is 4.32. The summed E-state index contributed by atoms with van der Waals surface area (Å²) in [6, 6.07) is 5.86. The number of carboxylic acid groups (broad SMARTS) is 1. The number of benzene rings is 1. The van der Waals surface area contributed by atoms with Crippen LogP contribution in [-0.4, -0.2) is 23.5 Å². The zero-order valence-corrected chi connectivity index (χ0v) is 11.4. The molecular formula is C13H8Cl2O5. The molecule has 1 heterocycles. The first-order chi connectivity index (χ1) is 9.50. The van der Waals surface area contributed by atoms with Gasteiger partial charge in [-0.3, -0.25) is 4.79 Å². The van der Waals surface area contributed by atoms with Gasteiger partial charge in [-0.05, 0) is 24.3 Å². The Hall–Kier alpha value is -1.98. The minimum atomic E-state index is -1.15. The third kappa shape index (κ3) is 2.95. The van der Waals surface area contributed by atoms with Gasteiger partial charge in [0, 0.05) is 5.56 Å². The molecule has 0 fully saturated rings. The highest BCUT2D eigenvalue weighted by molar-refractivity contribution is 6.45. The number of aliphatic carboxylic acids is 1. The number of carboxylic acids is 1. The molecule has 0 saturated heterocycles. The van der Waals surface area contributed by atoms with Crippen LogP contribution in [0.4, 0.5) is 0 Å². The molecule has 5 nitrogen and oxygen atoms in total. The smallest absolute Gasteiger partial charge is 0.341 e. The minimum Gasteiger partial charge on any atom is -0.480 e. The maximum atomic E-state index is 12.1. The van der Waals surface area contributed by atoms with Crippen LogP contribution in [0.3, 0.4) is 0 Å². The summed E-state index contributed by atoms with van der Waals surface area (Å²) in [5.41, 5.74) is 0.147. The van der Waals surface area contributed by atoms with Crippen molar-refractivity contribution in [2.24, 2.45) is 0 Å². The summed E-state index contributed by atoms with van der Waals surface area (Å²) in [6.45, 7) is -0.554. The van der Waals surface area contributed by atoms with Gasteiger partial charge in [-0.2, -0.15) is 0 Å². The van der Waals surface area contributed by atoms with Crippen molar-refractivity contribution in [1.82, 2.24) is 0 Å². The van der Waals surface area contributed by atoms with Crippen molar-refractivity contribution in [3.05, 3.63) is 51.9 Å². The molecule has 7 heteroatoms. The molecule has 0 saturated carbocycles. The van der Waals surface area contributed by atoms with E-state index in [9.17, 15) is 9.59 Å². The lowest BCUT2D eigenvalue weighted by Crippen LogP contribution is -2.10. The minimum absolute atomic E-state index is 0.0176. The van der Waals surface area contributed by atoms with Gasteiger partial charge in [-0.1, -0.05) is 23.2 Å². The molecule has 104 valence electrons. The van der Waals surface area contributed by atoms with Crippen molar-refractivity contribution in [3.63, 3.8) is 0 Å². The molecule has 0 bridgehead atoms. The lowest BCUT2D eigenvalue weighted by atomic mass is 10.1. The predicted molar refractivity (Wildman–Crippen MR) is 71.7 cm³/mol. The SMILES string of the molecule is O=C(O)COc1ccc(C(=O)c2ccco2)c(Cl)c1Cl. The highest BCUT2D eigenvalue weighted by atomic mass is 35.5. The summed E-state index contributed by atoms with van der Waals surface area (Å²) >= 11 is 12.0. The van der Waals surface area contributed by atoms with E-state index in [1.807, 2.05) is 0 Å². The molecule has 0 radical (unpaired) electrons. The van der Waals surface area contributed by atoms with E-state index < -0.39 is 18.4 Å². The van der Waals surface area contributed by atoms with Crippen molar-refractivity contribution in [2.45, 2.75) is 0 Å². The molecule has 1 aromatic heterocycles. The van der Waals surface area contributed by atoms with E-state index in [4.69, 9.17) is 37.5 Å². The normalized spacial score (nSPS) is 10.3. The second kappa shape index (κ2) is 5.98. The van der Waals surface area contributed by atoms with Crippen LogP contribution < -0.4 is 4.74 Å². The van der Waals surface area contributed by atoms with Crippen LogP contribution in [0.2, 0.25) is 10.0 Å². The molecule has 0 aliphatic heterocycles. The largest absolute Gasteiger partial charge is 0.480 e. The number of hydrogen-bond donors (Lipinski definition) is 1. The molecule has 2 aromatic rings. The molecular weight excluding hydrogens is 307 g/mol. The highest BCUT2D eigenvalue weighted by Gasteiger charge is 2.20. The number of hydrogen-bond acceptors (Lipinski definition) is 4. The average molecular weight is 315 g/mol. The van der Waals surface area contributed by atoms with Gasteiger partial charge in [0.05, 0.1) is 11.3 Å². The first-order valence-electron chi connectivity index (χ1n) is 5.41. The van der Waals surface area contributed by atoms with Gasteiger partial charge in [-0.15, -0.1) is 0 Å². The Morgan fingerprint density at radius 1 is 1.20 bits per heavy atom. The second-order valence-corrected chi connectivity index (χ2v) is 4.48. The fourth-order valence-electron chi connectivity index (χ4n) is 1.50. The van der Waals surface area contributed by atoms with Crippen LogP contribution in [0.5, 0.6) is 5.75 Å². The third-order valence-electron chi connectivity index (χ3n) is 2.39. The summed E-state index contributed by atoms with van der Waals surface area (Å²) in [7, 11) is 0. The topological polar surface area (TPSA) is 76.7 Å². The van der Waals surface area contributed by atoms with Crippen molar-refractivity contribution >= 4 is 35.0 Å². The van der Waals surface area contributed by atoms with Gasteiger partial charge >= 0.3 is 5.97 Å². The molecule has 2 rings (SSSR count). The maximum Gasteiger partial charge on any atom is 0.341 e. The van der Waals surface area contributed by atoms with Gasteiger partial charge in [0.2, 0.25) is 5.78 Å². The van der Waals surface area contributed by atoms with E-state index in [0.717, 1.165) is 0 Å². The molecule has 0 amide bonds. The van der Waals surface area contributed by atoms with Crippen molar-refractivity contribution in [2.75, 3.05) is 6.61 Å². The van der Waals surface area contributed by atoms with Gasteiger partial charge in [-0.25, -0.2) is 4.79 Å². The number of halogens is 2. The highest BCUT2D eigenvalue weighted by Crippen LogP contribution is 2.35. The van der Waals surface area contributed by atoms with E-state index in [-0.39, 0.29) is 27.1 Å². The zero-order chi connectivity index (χ0) is 14.7. The number of ketones is 1. The number of carbonyl (C=O) groups is 2. The Labute approximate surface area is 123 Å². The maximum absolute atomic E-state index is 12.1. The first-order valence-corrected chi connectivity index (χ1v) is 6.17. The lowest BCUT2D eigenvalue weighted by molar-refractivity contribution is -0.139. The van der Waals surface area contributed by atoms with Crippen molar-refractivity contribution in [3.8, 4) is 5.75 Å². The number of furan rings is 1. The van der Waals surface area contributed by atoms with Crippen molar-refractivity contribution < 1.29 is 23.8 Å². The van der Waals surface area contributed by atoms with Gasteiger partial charge in [0.15, 0.2) is 12.4 Å². The average Bonchev–Trinajstić information content (AvgIpc) is 2.93. The molecule has 1 N–H and O–H groups in total. The van der Waals surface area contributed by atoms with Crippen LogP contribution in [-0.2, 0) is 4.79 Å². The summed E-state index contributed by atoms with van der Waals surface area (Å²) < 4.78 is 9.95. The summed E-state index contributed by atoms with van der Waals surface area (Å²) in [6.07, 6.45) is 1.37. The molecule has 0 aliphatic carbocycles. The molecule has 20 heavy (non-hydrogen) atoms. The van der Waals surface area contributed by atoms with Crippen LogP contribution in [0.15, 0.2) is 34.9 Å². The van der Waals surface area contributed by atoms with E-state index in [1.165, 1.54) is 24.5 Å². The molecule has 0 spiro atoms. The summed E-state index contributed by atoms with van der Waals surface area (Å²) in [4.78, 5) is 22.5. The van der Waals surface area contributed by atoms with Gasteiger partial charge in [0.25, 0.3) is 0 Å². The van der Waals surface area contributed by atoms with Crippen LogP contribution in [0.1, 0.15) is 16.1 Å². The fourth-order valence-corrected chi connectivity index (χ4v) is 1.96. The fraction of sp³-hybridized carbons (Fsp3) is 0.0769. The first kappa shape index (κ1) is 14.4. The summed E-state index contributed by atoms with van der Waals surface area (Å²) in [5, 5.41) is 8.49. The van der Waals surface area contributed by atoms with Gasteiger partial charge < -0.3 is 14.3 Å². The third-order valence-corrected chi connectivity index (χ3v) is 3.25. The van der Waals surface area contributed by atoms with E-state index in [0.29, 0.717) is 0 Å². The van der Waals surface area contributed by atoms with Crippen LogP contribution in [0, 0.1) is 0 Å². The quantitative estimate of drug-likeness (QED) is 0.857. The molecule has 0 unspecified atom stereocenters. The summed E-state index contributed by atoms with van der Waals surface area (Å²) in [5.74, 6) is -1.35. The van der Waals surface area contributed by atoms with Crippen molar-refractivity contribution in [1.29, 1.82) is 0 Å². The van der Waals surface area contributed by atoms with Gasteiger partial charge in [0.1, 0.15) is 10.8 Å². The Balaban J connectivity index is 2.31. The van der Waals surface area contributed by atoms with E-state index in [2.05, 4.69) is 0 Å². The number of rotatable bonds is 5. The Morgan fingerprint density at radius 3 is 2.55 bits per heavy atom. The number of ether oxygens (including phenoxy) is 1. The molecule has 0 atom stereocenters. The standard InChI is InChI=1S/C13H8Cl2O5/c14-11-7(13(18)9-2-1-5-19-9)3-4-8(12(11)15)20-6-10(16)17/h1-5H,6H2,(H,16,17). The lowest BCUT2D eigenvalue weighted by Gasteiger charge is -2.09. The molecule has 0 aliphatic rings. The van der Waals surface area contributed by atoms with Crippen LogP contribution in [0.25, 0.3) is 0 Å². The van der Waals surface area contributed by atoms with E-state index >= 15 is 0 Å². The Morgan fingerprint density at radius 2 is 1.95 bits per heavy atom. The van der Waals surface area contributed by atoms with Crippen LogP contribution >= 0.6 is 23.2 Å². The predicted octanol–water partition coefficient (Wildman–Crippen LogP) is 3.28. The Bertz CT molecular complexity index is 649. The zero-order valence-electron chi connectivity index (χ0n) is 9.93. The molecule has 1 aromatic carbocycles. The van der Waals surface area contributed by atoms with E-state index in [1.54, 1.807) is 6.07 Å². The monoisotopic (exact) mass is 314 g/mol.